The van der Waals surface area contributed by atoms with Gasteiger partial charge in [0, 0.05) is 17.4 Å². The third-order valence-corrected chi connectivity index (χ3v) is 7.79. The van der Waals surface area contributed by atoms with Gasteiger partial charge in [-0.05, 0) is 73.2 Å². The van der Waals surface area contributed by atoms with Crippen LogP contribution in [0.2, 0.25) is 0 Å². The molecule has 0 radical (unpaired) electrons. The van der Waals surface area contributed by atoms with Crippen molar-refractivity contribution in [3.63, 3.8) is 0 Å². The smallest absolute Gasteiger partial charge is 0.416 e. The first kappa shape index (κ1) is 34.2. The molecule has 0 saturated heterocycles. The fourth-order valence-corrected chi connectivity index (χ4v) is 5.68. The molecule has 0 unspecified atom stereocenters. The van der Waals surface area contributed by atoms with Crippen LogP contribution in [0, 0.1) is 0 Å². The molecule has 5 nitrogen and oxygen atoms in total. The van der Waals surface area contributed by atoms with Crippen molar-refractivity contribution in [1.82, 2.24) is 0 Å². The number of hydrogen-bond donors (Lipinski definition) is 0. The highest BCUT2D eigenvalue weighted by Gasteiger charge is 2.32. The summed E-state index contributed by atoms with van der Waals surface area (Å²) in [5.41, 5.74) is 4.68. The fourth-order valence-electron chi connectivity index (χ4n) is 5.68. The Morgan fingerprint density at radius 2 is 1.36 bits per heavy atom. The Hall–Kier alpha value is -3.65. The quantitative estimate of drug-likeness (QED) is 0.171. The second kappa shape index (κ2) is 15.1. The molecular formula is C36H41ClF3NO4. The Balaban J connectivity index is 0.00000461. The summed E-state index contributed by atoms with van der Waals surface area (Å²) in [5, 5.41) is 1.97. The van der Waals surface area contributed by atoms with Gasteiger partial charge < -0.3 is 31.4 Å². The monoisotopic (exact) mass is 643 g/mol. The van der Waals surface area contributed by atoms with Gasteiger partial charge in [0.15, 0.2) is 35.7 Å². The lowest BCUT2D eigenvalue weighted by Gasteiger charge is -2.23. The summed E-state index contributed by atoms with van der Waals surface area (Å²) in [6.07, 6.45) is 2.03. The minimum Gasteiger partial charge on any atom is -1.00 e. The van der Waals surface area contributed by atoms with E-state index in [0.29, 0.717) is 36.9 Å². The second-order valence-corrected chi connectivity index (χ2v) is 11.1. The van der Waals surface area contributed by atoms with Crippen LogP contribution in [0.1, 0.15) is 69.2 Å². The van der Waals surface area contributed by atoms with Crippen molar-refractivity contribution in [2.45, 2.75) is 79.1 Å². The number of halogens is 4. The predicted molar refractivity (Wildman–Crippen MR) is 166 cm³/mol. The Bertz CT molecular complexity index is 1610. The van der Waals surface area contributed by atoms with E-state index in [2.05, 4.69) is 49.7 Å². The van der Waals surface area contributed by atoms with Gasteiger partial charge in [-0.1, -0.05) is 39.8 Å². The summed E-state index contributed by atoms with van der Waals surface area (Å²) < 4.78 is 66.3. The van der Waals surface area contributed by atoms with E-state index in [1.165, 1.54) is 23.3 Å². The first-order chi connectivity index (χ1) is 21.3. The molecule has 5 rings (SSSR count). The van der Waals surface area contributed by atoms with Crippen LogP contribution in [-0.2, 0) is 32.2 Å². The highest BCUT2D eigenvalue weighted by Crippen LogP contribution is 2.43. The molecule has 0 fully saturated rings. The maximum absolute atomic E-state index is 13.1. The van der Waals surface area contributed by atoms with Crippen LogP contribution in [0.5, 0.6) is 23.0 Å². The number of rotatable bonds is 13. The molecule has 1 aromatic heterocycles. The van der Waals surface area contributed by atoms with E-state index < -0.39 is 11.7 Å². The van der Waals surface area contributed by atoms with E-state index in [9.17, 15) is 13.2 Å². The standard InChI is InChI=1S/C36H41F3NO4.ClH/c1-5-17-41-31-14-13-28-27(8-4)34-29-21-33(43-19-7-3)32(42-18-6-2)20-25(29)15-16-40(34)22-30(28)35(31)44-23-24-9-11-26(12-10-24)36(37,38)39;/h9-14,20-22H,5-8,15-19,23H2,1-4H3;1H/q+1;/p-1. The lowest BCUT2D eigenvalue weighted by molar-refractivity contribution is -0.686. The van der Waals surface area contributed by atoms with Crippen LogP contribution < -0.4 is 35.9 Å². The molecule has 0 amide bonds. The van der Waals surface area contributed by atoms with Gasteiger partial charge in [0.1, 0.15) is 6.61 Å². The lowest BCUT2D eigenvalue weighted by atomic mass is 9.90. The number of fused-ring (bicyclic) bond motifs is 4. The maximum atomic E-state index is 13.1. The van der Waals surface area contributed by atoms with E-state index in [0.717, 1.165) is 84.3 Å². The Morgan fingerprint density at radius 1 is 0.733 bits per heavy atom. The van der Waals surface area contributed by atoms with Crippen molar-refractivity contribution in [2.75, 3.05) is 19.8 Å². The number of alkyl halides is 3. The van der Waals surface area contributed by atoms with Gasteiger partial charge in [-0.15, -0.1) is 0 Å². The van der Waals surface area contributed by atoms with Crippen molar-refractivity contribution < 1.29 is 49.1 Å². The average molecular weight is 644 g/mol. The van der Waals surface area contributed by atoms with E-state index in [-0.39, 0.29) is 19.0 Å². The van der Waals surface area contributed by atoms with Crippen molar-refractivity contribution >= 4 is 10.8 Å². The van der Waals surface area contributed by atoms with Crippen LogP contribution in [-0.4, -0.2) is 19.8 Å². The zero-order valence-corrected chi connectivity index (χ0v) is 27.1. The summed E-state index contributed by atoms with van der Waals surface area (Å²) in [5.74, 6) is 2.78. The first-order valence-corrected chi connectivity index (χ1v) is 15.7. The first-order valence-electron chi connectivity index (χ1n) is 15.7. The largest absolute Gasteiger partial charge is 1.00 e. The van der Waals surface area contributed by atoms with Crippen molar-refractivity contribution in [3.8, 4) is 34.3 Å². The molecule has 1 aliphatic rings. The van der Waals surface area contributed by atoms with Gasteiger partial charge in [-0.2, -0.15) is 17.7 Å². The Labute approximate surface area is 269 Å². The SMILES string of the molecule is CCCOc1cc2c(cc1OCCC)-c1c(CC)c3ccc(OCCC)c(OCc4ccc(C(F)(F)F)cc4)c3c[n+]1CC2.[Cl-]. The maximum Gasteiger partial charge on any atom is 0.416 e. The van der Waals surface area contributed by atoms with Gasteiger partial charge >= 0.3 is 6.18 Å². The molecule has 0 aliphatic carbocycles. The van der Waals surface area contributed by atoms with Crippen LogP contribution in [0.3, 0.4) is 0 Å². The van der Waals surface area contributed by atoms with E-state index in [1.54, 1.807) is 0 Å². The summed E-state index contributed by atoms with van der Waals surface area (Å²) in [4.78, 5) is 0. The number of benzene rings is 3. The zero-order valence-electron chi connectivity index (χ0n) is 26.4. The van der Waals surface area contributed by atoms with Gasteiger partial charge in [0.05, 0.1) is 36.3 Å². The van der Waals surface area contributed by atoms with Gasteiger partial charge in [0.2, 0.25) is 5.69 Å². The van der Waals surface area contributed by atoms with Crippen LogP contribution in [0.4, 0.5) is 13.2 Å². The highest BCUT2D eigenvalue weighted by molar-refractivity contribution is 5.95. The minimum absolute atomic E-state index is 0. The Kier molecular flexibility index (Phi) is 11.5. The molecule has 0 bridgehead atoms. The van der Waals surface area contributed by atoms with Crippen LogP contribution >= 0.6 is 0 Å². The Morgan fingerprint density at radius 3 is 1.96 bits per heavy atom. The van der Waals surface area contributed by atoms with E-state index in [4.69, 9.17) is 18.9 Å². The number of hydrogen-bond acceptors (Lipinski definition) is 4. The molecule has 0 atom stereocenters. The summed E-state index contributed by atoms with van der Waals surface area (Å²) >= 11 is 0. The molecule has 4 aromatic rings. The molecule has 45 heavy (non-hydrogen) atoms. The van der Waals surface area contributed by atoms with Gasteiger partial charge in [0.25, 0.3) is 0 Å². The molecule has 2 heterocycles. The second-order valence-electron chi connectivity index (χ2n) is 11.1. The zero-order chi connectivity index (χ0) is 31.3. The molecule has 0 spiro atoms. The number of aromatic nitrogens is 1. The molecule has 9 heteroatoms. The molecule has 0 N–H and O–H groups in total. The molecule has 3 aromatic carbocycles. The predicted octanol–water partition coefficient (Wildman–Crippen LogP) is 5.88. The van der Waals surface area contributed by atoms with Crippen molar-refractivity contribution in [3.05, 3.63) is 77.0 Å². The number of aryl methyl sites for hydroxylation is 3. The highest BCUT2D eigenvalue weighted by atomic mass is 35.5. The van der Waals surface area contributed by atoms with E-state index >= 15 is 0 Å². The molecule has 1 aliphatic heterocycles. The number of nitrogens with zero attached hydrogens (tertiary/aromatic N) is 1. The van der Waals surface area contributed by atoms with Crippen LogP contribution in [0.25, 0.3) is 22.0 Å². The summed E-state index contributed by atoms with van der Waals surface area (Å²) in [6.45, 7) is 11.0. The number of ether oxygens (including phenoxy) is 4. The summed E-state index contributed by atoms with van der Waals surface area (Å²) in [7, 11) is 0. The summed E-state index contributed by atoms with van der Waals surface area (Å²) in [6, 6.07) is 13.4. The fraction of sp³-hybridized carbons (Fsp3) is 0.417. The van der Waals surface area contributed by atoms with Crippen LogP contribution in [0.15, 0.2) is 54.7 Å². The van der Waals surface area contributed by atoms with Crippen molar-refractivity contribution in [2.24, 2.45) is 0 Å². The van der Waals surface area contributed by atoms with E-state index in [1.807, 2.05) is 13.0 Å². The normalized spacial score (nSPS) is 12.2. The average Bonchev–Trinajstić information content (AvgIpc) is 3.02. The topological polar surface area (TPSA) is 40.8 Å². The lowest BCUT2D eigenvalue weighted by Crippen LogP contribution is -3.00. The van der Waals surface area contributed by atoms with Gasteiger partial charge in [-0.25, -0.2) is 0 Å². The molecular weight excluding hydrogens is 603 g/mol. The molecule has 242 valence electrons. The van der Waals surface area contributed by atoms with Gasteiger partial charge in [-0.3, -0.25) is 0 Å². The number of pyridine rings is 1. The third-order valence-electron chi connectivity index (χ3n) is 7.79. The molecule has 0 saturated carbocycles. The minimum atomic E-state index is -4.38. The van der Waals surface area contributed by atoms with Crippen molar-refractivity contribution in [1.29, 1.82) is 0 Å². The third kappa shape index (κ3) is 7.43.